The van der Waals surface area contributed by atoms with E-state index in [2.05, 4.69) is 37.9 Å². The van der Waals surface area contributed by atoms with E-state index in [4.69, 9.17) is 5.73 Å². The average Bonchev–Trinajstić information content (AvgIpc) is 1.82. The van der Waals surface area contributed by atoms with Crippen molar-refractivity contribution in [1.82, 2.24) is 0 Å². The lowest BCUT2D eigenvalue weighted by Crippen LogP contribution is -2.12. The van der Waals surface area contributed by atoms with Crippen molar-refractivity contribution in [2.45, 2.75) is 14.7 Å². The van der Waals surface area contributed by atoms with E-state index in [1.165, 1.54) is 0 Å². The molecule has 1 aromatic carbocycles. The van der Waals surface area contributed by atoms with Gasteiger partial charge in [0.05, 0.1) is 5.56 Å². The molecule has 0 aliphatic carbocycles. The van der Waals surface area contributed by atoms with E-state index >= 15 is 0 Å². The molecule has 5 heteroatoms. The first-order valence-electron chi connectivity index (χ1n) is 3.07. The highest BCUT2D eigenvalue weighted by Gasteiger charge is 2.09. The number of benzene rings is 1. The van der Waals surface area contributed by atoms with Gasteiger partial charge in [-0.2, -0.15) is 0 Å². The van der Waals surface area contributed by atoms with Gasteiger partial charge in [0.25, 0.3) is 5.91 Å². The molecule has 0 fully saturated rings. The Bertz CT molecular complexity index is 314. The summed E-state index contributed by atoms with van der Waals surface area (Å²) >= 11 is 12.2. The van der Waals surface area contributed by atoms with Crippen molar-refractivity contribution in [2.24, 2.45) is 5.73 Å². The number of amides is 1. The van der Waals surface area contributed by atoms with Crippen molar-refractivity contribution in [3.8, 4) is 0 Å². The maximum Gasteiger partial charge on any atom is 0.250 e. The van der Waals surface area contributed by atoms with Gasteiger partial charge in [0, 0.05) is 14.7 Å². The Labute approximate surface area is 86.8 Å². The lowest BCUT2D eigenvalue weighted by molar-refractivity contribution is 0.0994. The Morgan fingerprint density at radius 3 is 1.92 bits per heavy atom. The van der Waals surface area contributed by atoms with E-state index in [1.54, 1.807) is 12.1 Å². The number of hydrogen-bond acceptors (Lipinski definition) is 4. The van der Waals surface area contributed by atoms with E-state index < -0.39 is 5.91 Å². The van der Waals surface area contributed by atoms with Gasteiger partial charge in [-0.3, -0.25) is 4.79 Å². The Balaban J connectivity index is 3.38. The second-order valence-corrected chi connectivity index (χ2v) is 3.70. The quantitative estimate of drug-likeness (QED) is 0.531. The Morgan fingerprint density at radius 1 is 1.17 bits per heavy atom. The number of hydrogen-bond donors (Lipinski definition) is 4. The van der Waals surface area contributed by atoms with Gasteiger partial charge in [0.15, 0.2) is 0 Å². The van der Waals surface area contributed by atoms with E-state index in [0.717, 1.165) is 0 Å². The molecular weight excluding hydrogens is 210 g/mol. The fourth-order valence-electron chi connectivity index (χ4n) is 0.850. The third kappa shape index (κ3) is 1.91. The number of rotatable bonds is 1. The normalized spacial score (nSPS) is 9.92. The predicted octanol–water partition coefficient (Wildman–Crippen LogP) is 1.65. The second kappa shape index (κ2) is 3.64. The minimum Gasteiger partial charge on any atom is -0.366 e. The monoisotopic (exact) mass is 217 g/mol. The van der Waals surface area contributed by atoms with Crippen LogP contribution in [0.1, 0.15) is 10.4 Å². The van der Waals surface area contributed by atoms with Crippen LogP contribution in [0.25, 0.3) is 0 Å². The summed E-state index contributed by atoms with van der Waals surface area (Å²) in [6, 6.07) is 3.29. The molecule has 0 aliphatic heterocycles. The number of primary amides is 1. The van der Waals surface area contributed by atoms with Crippen molar-refractivity contribution < 1.29 is 4.79 Å². The Hall–Kier alpha value is -0.260. The van der Waals surface area contributed by atoms with Gasteiger partial charge >= 0.3 is 0 Å². The summed E-state index contributed by atoms with van der Waals surface area (Å²) < 4.78 is 0. The van der Waals surface area contributed by atoms with Crippen LogP contribution in [0.2, 0.25) is 0 Å². The Kier molecular flexibility index (Phi) is 2.98. The summed E-state index contributed by atoms with van der Waals surface area (Å²) in [6.07, 6.45) is 0. The van der Waals surface area contributed by atoms with Gasteiger partial charge in [-0.15, -0.1) is 37.9 Å². The molecule has 1 aromatic rings. The number of thiol groups is 3. The first-order valence-corrected chi connectivity index (χ1v) is 4.41. The molecule has 0 radical (unpaired) electrons. The zero-order valence-corrected chi connectivity index (χ0v) is 8.67. The van der Waals surface area contributed by atoms with Crippen LogP contribution >= 0.6 is 37.9 Å². The standard InChI is InChI=1S/C7H7NOS3/c8-7(9)6-4(11)1-3(10)2-5(6)12/h1-2,10-12H,(H2,8,9). The highest BCUT2D eigenvalue weighted by Crippen LogP contribution is 2.25. The van der Waals surface area contributed by atoms with Crippen molar-refractivity contribution in [3.05, 3.63) is 17.7 Å². The van der Waals surface area contributed by atoms with Crippen LogP contribution in [0, 0.1) is 0 Å². The van der Waals surface area contributed by atoms with Gasteiger partial charge in [-0.25, -0.2) is 0 Å². The predicted molar refractivity (Wildman–Crippen MR) is 56.7 cm³/mol. The van der Waals surface area contributed by atoms with Crippen LogP contribution in [0.5, 0.6) is 0 Å². The summed E-state index contributed by atoms with van der Waals surface area (Å²) in [5.74, 6) is -0.529. The van der Waals surface area contributed by atoms with Crippen LogP contribution in [0.15, 0.2) is 26.8 Å². The van der Waals surface area contributed by atoms with E-state index in [-0.39, 0.29) is 0 Å². The topological polar surface area (TPSA) is 43.1 Å². The summed E-state index contributed by atoms with van der Waals surface area (Å²) in [5.41, 5.74) is 5.44. The molecule has 2 nitrogen and oxygen atoms in total. The van der Waals surface area contributed by atoms with Crippen LogP contribution in [-0.2, 0) is 0 Å². The van der Waals surface area contributed by atoms with Gasteiger partial charge in [-0.1, -0.05) is 0 Å². The van der Waals surface area contributed by atoms with Crippen LogP contribution < -0.4 is 5.73 Å². The molecular formula is C7H7NOS3. The molecule has 2 N–H and O–H groups in total. The smallest absolute Gasteiger partial charge is 0.250 e. The van der Waals surface area contributed by atoms with E-state index in [1.807, 2.05) is 0 Å². The van der Waals surface area contributed by atoms with E-state index in [9.17, 15) is 4.79 Å². The largest absolute Gasteiger partial charge is 0.366 e. The number of carbonyl (C=O) groups excluding carboxylic acids is 1. The molecule has 0 aliphatic rings. The molecule has 0 unspecified atom stereocenters. The molecule has 0 bridgehead atoms. The Morgan fingerprint density at radius 2 is 1.58 bits per heavy atom. The van der Waals surface area contributed by atoms with Crippen LogP contribution in [0.3, 0.4) is 0 Å². The minimum absolute atomic E-state index is 0.333. The fourth-order valence-corrected chi connectivity index (χ4v) is 2.14. The lowest BCUT2D eigenvalue weighted by atomic mass is 10.2. The maximum absolute atomic E-state index is 10.9. The average molecular weight is 217 g/mol. The van der Waals surface area contributed by atoms with Crippen LogP contribution in [-0.4, -0.2) is 5.91 Å². The lowest BCUT2D eigenvalue weighted by Gasteiger charge is -2.04. The maximum atomic E-state index is 10.9. The molecule has 1 amide bonds. The molecule has 0 atom stereocenters. The molecule has 0 spiro atoms. The molecule has 64 valence electrons. The van der Waals surface area contributed by atoms with Crippen molar-refractivity contribution >= 4 is 43.8 Å². The van der Waals surface area contributed by atoms with Crippen molar-refractivity contribution in [1.29, 1.82) is 0 Å². The molecule has 0 saturated carbocycles. The van der Waals surface area contributed by atoms with Crippen LogP contribution in [0.4, 0.5) is 0 Å². The first kappa shape index (κ1) is 9.83. The van der Waals surface area contributed by atoms with E-state index in [0.29, 0.717) is 20.2 Å². The summed E-state index contributed by atoms with van der Waals surface area (Å²) in [5, 5.41) is 0. The van der Waals surface area contributed by atoms with Gasteiger partial charge in [-0.05, 0) is 12.1 Å². The number of carbonyl (C=O) groups is 1. The van der Waals surface area contributed by atoms with Gasteiger partial charge < -0.3 is 5.73 Å². The molecule has 0 saturated heterocycles. The second-order valence-electron chi connectivity index (χ2n) is 2.22. The van der Waals surface area contributed by atoms with Gasteiger partial charge in [0.1, 0.15) is 0 Å². The molecule has 0 aromatic heterocycles. The fraction of sp³-hybridized carbons (Fsp3) is 0. The highest BCUT2D eigenvalue weighted by atomic mass is 32.1. The summed E-state index contributed by atoms with van der Waals surface area (Å²) in [7, 11) is 0. The van der Waals surface area contributed by atoms with Crippen molar-refractivity contribution in [2.75, 3.05) is 0 Å². The zero-order valence-electron chi connectivity index (χ0n) is 5.98. The summed E-state index contributed by atoms with van der Waals surface area (Å²) in [6.45, 7) is 0. The third-order valence-electron chi connectivity index (χ3n) is 1.33. The first-order chi connectivity index (χ1) is 5.52. The SMILES string of the molecule is NC(=O)c1c(S)cc(S)cc1S. The summed E-state index contributed by atoms with van der Waals surface area (Å²) in [4.78, 5) is 12.6. The minimum atomic E-state index is -0.529. The van der Waals surface area contributed by atoms with Crippen molar-refractivity contribution in [3.63, 3.8) is 0 Å². The molecule has 12 heavy (non-hydrogen) atoms. The number of nitrogens with two attached hydrogens (primary N) is 1. The third-order valence-corrected chi connectivity index (χ3v) is 2.29. The highest BCUT2D eigenvalue weighted by molar-refractivity contribution is 7.82. The zero-order chi connectivity index (χ0) is 9.30. The molecule has 0 heterocycles. The molecule has 1 rings (SSSR count). The van der Waals surface area contributed by atoms with Gasteiger partial charge in [0.2, 0.25) is 0 Å².